The van der Waals surface area contributed by atoms with Crippen LogP contribution < -0.4 is 10.1 Å². The van der Waals surface area contributed by atoms with Crippen LogP contribution in [0.4, 0.5) is 8.78 Å². The van der Waals surface area contributed by atoms with E-state index in [4.69, 9.17) is 4.74 Å². The molecule has 2 nitrogen and oxygen atoms in total. The monoisotopic (exact) mass is 185 g/mol. The van der Waals surface area contributed by atoms with Crippen LogP contribution in [-0.2, 0) is 0 Å². The van der Waals surface area contributed by atoms with Gasteiger partial charge in [-0.3, -0.25) is 0 Å². The van der Waals surface area contributed by atoms with Crippen LogP contribution in [0.3, 0.4) is 0 Å². The lowest BCUT2D eigenvalue weighted by Gasteiger charge is -2.05. The molecule has 0 unspecified atom stereocenters. The van der Waals surface area contributed by atoms with Crippen molar-refractivity contribution in [1.29, 1.82) is 0 Å². The first kappa shape index (κ1) is 8.44. The highest BCUT2D eigenvalue weighted by atomic mass is 19.2. The number of benzene rings is 1. The fourth-order valence-electron chi connectivity index (χ4n) is 1.44. The van der Waals surface area contributed by atoms with Crippen LogP contribution >= 0.6 is 0 Å². The second kappa shape index (κ2) is 2.96. The Bertz CT molecular complexity index is 341. The molecule has 1 atom stereocenters. The van der Waals surface area contributed by atoms with E-state index >= 15 is 0 Å². The Hall–Kier alpha value is -1.16. The summed E-state index contributed by atoms with van der Waals surface area (Å²) in [4.78, 5) is 0. The molecule has 13 heavy (non-hydrogen) atoms. The molecule has 4 heteroatoms. The zero-order valence-corrected chi connectivity index (χ0v) is 7.10. The number of nitrogens with one attached hydrogen (secondary N) is 1. The van der Waals surface area contributed by atoms with Gasteiger partial charge in [-0.1, -0.05) is 0 Å². The maximum Gasteiger partial charge on any atom is 0.162 e. The zero-order chi connectivity index (χ0) is 9.42. The molecule has 0 amide bonds. The Morgan fingerprint density at radius 2 is 2.08 bits per heavy atom. The largest absolute Gasteiger partial charge is 0.491 e. The molecule has 1 aliphatic heterocycles. The lowest BCUT2D eigenvalue weighted by atomic mass is 10.1. The lowest BCUT2D eigenvalue weighted by Crippen LogP contribution is -2.17. The van der Waals surface area contributed by atoms with E-state index in [1.807, 2.05) is 0 Å². The van der Waals surface area contributed by atoms with E-state index in [1.165, 1.54) is 6.07 Å². The fraction of sp³-hybridized carbons (Fsp3) is 0.333. The molecule has 0 bridgehead atoms. The molecule has 0 aliphatic carbocycles. The van der Waals surface area contributed by atoms with Gasteiger partial charge in [-0.25, -0.2) is 8.78 Å². The number of fused-ring (bicyclic) bond motifs is 1. The van der Waals surface area contributed by atoms with Crippen molar-refractivity contribution >= 4 is 0 Å². The van der Waals surface area contributed by atoms with Crippen LogP contribution in [0.5, 0.6) is 5.75 Å². The van der Waals surface area contributed by atoms with Crippen LogP contribution in [-0.4, -0.2) is 13.7 Å². The minimum Gasteiger partial charge on any atom is -0.491 e. The van der Waals surface area contributed by atoms with E-state index in [0.717, 1.165) is 6.07 Å². The summed E-state index contributed by atoms with van der Waals surface area (Å²) >= 11 is 0. The molecule has 1 N–H and O–H groups in total. The minimum atomic E-state index is -0.865. The maximum absolute atomic E-state index is 12.8. The normalized spacial score (nSPS) is 19.8. The molecule has 1 aromatic rings. The molecule has 2 rings (SSSR count). The number of halogens is 2. The number of ether oxygens (including phenoxy) is 1. The molecule has 0 spiro atoms. The molecule has 0 radical (unpaired) electrons. The molecule has 0 fully saturated rings. The highest BCUT2D eigenvalue weighted by molar-refractivity contribution is 5.40. The Labute approximate surface area is 74.5 Å². The van der Waals surface area contributed by atoms with Crippen LogP contribution in [0.25, 0.3) is 0 Å². The fourth-order valence-corrected chi connectivity index (χ4v) is 1.44. The molecule has 70 valence electrons. The third-order valence-corrected chi connectivity index (χ3v) is 2.18. The summed E-state index contributed by atoms with van der Waals surface area (Å²) in [5, 5.41) is 2.95. The van der Waals surface area contributed by atoms with Gasteiger partial charge in [0.15, 0.2) is 11.6 Å². The number of likely N-dealkylation sites (N-methyl/N-ethyl adjacent to an activating group) is 1. The SMILES string of the molecule is CN[C@@H]1COc2cc(F)c(F)cc21. The first-order valence-corrected chi connectivity index (χ1v) is 4.01. The molecular formula is C9H9F2NO. The Balaban J connectivity index is 2.47. The summed E-state index contributed by atoms with van der Waals surface area (Å²) in [6.45, 7) is 0.425. The third kappa shape index (κ3) is 1.27. The number of hydrogen-bond acceptors (Lipinski definition) is 2. The number of rotatable bonds is 1. The molecule has 0 saturated heterocycles. The quantitative estimate of drug-likeness (QED) is 0.717. The Kier molecular flexibility index (Phi) is 1.92. The first-order valence-electron chi connectivity index (χ1n) is 4.01. The number of hydrogen-bond donors (Lipinski definition) is 1. The Morgan fingerprint density at radius 1 is 1.38 bits per heavy atom. The van der Waals surface area contributed by atoms with Crippen molar-refractivity contribution in [2.45, 2.75) is 6.04 Å². The van der Waals surface area contributed by atoms with E-state index in [0.29, 0.717) is 17.9 Å². The van der Waals surface area contributed by atoms with E-state index < -0.39 is 11.6 Å². The van der Waals surface area contributed by atoms with Crippen molar-refractivity contribution in [3.05, 3.63) is 29.3 Å². The van der Waals surface area contributed by atoms with E-state index in [9.17, 15) is 8.78 Å². The van der Waals surface area contributed by atoms with Gasteiger partial charge >= 0.3 is 0 Å². The van der Waals surface area contributed by atoms with Gasteiger partial charge in [0, 0.05) is 11.6 Å². The van der Waals surface area contributed by atoms with Crippen LogP contribution in [0.15, 0.2) is 12.1 Å². The average molecular weight is 185 g/mol. The zero-order valence-electron chi connectivity index (χ0n) is 7.10. The van der Waals surface area contributed by atoms with Crippen LogP contribution in [0, 0.1) is 11.6 Å². The second-order valence-corrected chi connectivity index (χ2v) is 2.96. The van der Waals surface area contributed by atoms with Crippen molar-refractivity contribution in [2.24, 2.45) is 0 Å². The van der Waals surface area contributed by atoms with Crippen molar-refractivity contribution < 1.29 is 13.5 Å². The van der Waals surface area contributed by atoms with Gasteiger partial charge in [-0.15, -0.1) is 0 Å². The van der Waals surface area contributed by atoms with Gasteiger partial charge in [-0.2, -0.15) is 0 Å². The standard InChI is InChI=1S/C9H9F2NO/c1-12-8-4-13-9-3-7(11)6(10)2-5(8)9/h2-3,8,12H,4H2,1H3/t8-/m1/s1. The lowest BCUT2D eigenvalue weighted by molar-refractivity contribution is 0.317. The van der Waals surface area contributed by atoms with Gasteiger partial charge < -0.3 is 10.1 Å². The van der Waals surface area contributed by atoms with Gasteiger partial charge in [0.25, 0.3) is 0 Å². The molecular weight excluding hydrogens is 176 g/mol. The van der Waals surface area contributed by atoms with Crippen LogP contribution in [0.2, 0.25) is 0 Å². The molecule has 1 heterocycles. The smallest absolute Gasteiger partial charge is 0.162 e. The second-order valence-electron chi connectivity index (χ2n) is 2.96. The highest BCUT2D eigenvalue weighted by Crippen LogP contribution is 2.33. The average Bonchev–Trinajstić information content (AvgIpc) is 2.48. The molecule has 0 aromatic heterocycles. The Morgan fingerprint density at radius 3 is 2.77 bits per heavy atom. The summed E-state index contributed by atoms with van der Waals surface area (Å²) in [5.74, 6) is -1.27. The van der Waals surface area contributed by atoms with E-state index in [-0.39, 0.29) is 6.04 Å². The van der Waals surface area contributed by atoms with Gasteiger partial charge in [0.2, 0.25) is 0 Å². The molecule has 1 aliphatic rings. The van der Waals surface area contributed by atoms with Crippen molar-refractivity contribution in [1.82, 2.24) is 5.32 Å². The predicted octanol–water partition coefficient (Wildman–Crippen LogP) is 1.62. The predicted molar refractivity (Wildman–Crippen MR) is 43.7 cm³/mol. The summed E-state index contributed by atoms with van der Waals surface area (Å²) in [6, 6.07) is 2.23. The van der Waals surface area contributed by atoms with Crippen LogP contribution in [0.1, 0.15) is 11.6 Å². The van der Waals surface area contributed by atoms with E-state index in [2.05, 4.69) is 5.32 Å². The summed E-state index contributed by atoms with van der Waals surface area (Å²) in [7, 11) is 1.75. The molecule has 0 saturated carbocycles. The first-order chi connectivity index (χ1) is 6.22. The summed E-state index contributed by atoms with van der Waals surface area (Å²) < 4.78 is 30.7. The minimum absolute atomic E-state index is 0.0369. The van der Waals surface area contributed by atoms with E-state index in [1.54, 1.807) is 7.05 Å². The topological polar surface area (TPSA) is 21.3 Å². The van der Waals surface area contributed by atoms with Gasteiger partial charge in [0.05, 0.1) is 6.04 Å². The summed E-state index contributed by atoms with van der Waals surface area (Å²) in [6.07, 6.45) is 0. The highest BCUT2D eigenvalue weighted by Gasteiger charge is 2.24. The van der Waals surface area contributed by atoms with Crippen molar-refractivity contribution in [3.8, 4) is 5.75 Å². The summed E-state index contributed by atoms with van der Waals surface area (Å²) in [5.41, 5.74) is 0.682. The van der Waals surface area contributed by atoms with Crippen molar-refractivity contribution in [3.63, 3.8) is 0 Å². The molecule has 1 aromatic carbocycles. The van der Waals surface area contributed by atoms with Gasteiger partial charge in [-0.05, 0) is 13.1 Å². The maximum atomic E-state index is 12.8. The van der Waals surface area contributed by atoms with Gasteiger partial charge in [0.1, 0.15) is 12.4 Å². The van der Waals surface area contributed by atoms with Crippen molar-refractivity contribution in [2.75, 3.05) is 13.7 Å². The third-order valence-electron chi connectivity index (χ3n) is 2.18.